The number of hydrogen-bond acceptors (Lipinski definition) is 3. The van der Waals surface area contributed by atoms with E-state index >= 15 is 0 Å². The first-order chi connectivity index (χ1) is 7.93. The van der Waals surface area contributed by atoms with E-state index in [9.17, 15) is 0 Å². The molecule has 0 aromatic rings. The summed E-state index contributed by atoms with van der Waals surface area (Å²) in [6.45, 7) is 8.17. The van der Waals surface area contributed by atoms with Crippen LogP contribution in [0.25, 0.3) is 0 Å². The molecule has 0 amide bonds. The van der Waals surface area contributed by atoms with Crippen LogP contribution in [-0.2, 0) is 14.5 Å². The number of methoxy groups -OCH3 is 1. The summed E-state index contributed by atoms with van der Waals surface area (Å²) in [5, 5.41) is 0. The maximum absolute atomic E-state index is 5.69. The number of hydrogen-bond donors (Lipinski definition) is 0. The zero-order valence-electron chi connectivity index (χ0n) is 12.0. The topological polar surface area (TPSA) is 27.7 Å². The average molecular weight is 244 g/mol. The predicted molar refractivity (Wildman–Crippen MR) is 68.5 cm³/mol. The molecule has 1 fully saturated rings. The van der Waals surface area contributed by atoms with E-state index in [2.05, 4.69) is 13.8 Å². The quantitative estimate of drug-likeness (QED) is 0.400. The Morgan fingerprint density at radius 1 is 1.00 bits per heavy atom. The van der Waals surface area contributed by atoms with Crippen molar-refractivity contribution in [3.63, 3.8) is 0 Å². The molecular weight excluding hydrogens is 216 g/mol. The fourth-order valence-electron chi connectivity index (χ4n) is 2.30. The lowest BCUT2D eigenvalue weighted by atomic mass is 9.79. The lowest BCUT2D eigenvalue weighted by Gasteiger charge is -2.38. The molecule has 0 aliphatic heterocycles. The van der Waals surface area contributed by atoms with Crippen LogP contribution < -0.4 is 0 Å². The van der Waals surface area contributed by atoms with Gasteiger partial charge < -0.3 is 4.74 Å². The fourth-order valence-corrected chi connectivity index (χ4v) is 2.30. The van der Waals surface area contributed by atoms with Crippen LogP contribution in [0.3, 0.4) is 0 Å². The van der Waals surface area contributed by atoms with Crippen molar-refractivity contribution in [2.24, 2.45) is 5.92 Å². The van der Waals surface area contributed by atoms with E-state index in [0.29, 0.717) is 5.92 Å². The van der Waals surface area contributed by atoms with Gasteiger partial charge in [-0.25, -0.2) is 9.78 Å². The minimum atomic E-state index is -0.633. The van der Waals surface area contributed by atoms with Crippen molar-refractivity contribution in [2.45, 2.75) is 77.6 Å². The molecule has 1 unspecified atom stereocenters. The van der Waals surface area contributed by atoms with Crippen molar-refractivity contribution in [2.75, 3.05) is 7.11 Å². The summed E-state index contributed by atoms with van der Waals surface area (Å²) < 4.78 is 5.32. The van der Waals surface area contributed by atoms with Gasteiger partial charge in [-0.3, -0.25) is 0 Å². The van der Waals surface area contributed by atoms with Gasteiger partial charge >= 0.3 is 0 Å². The molecule has 102 valence electrons. The van der Waals surface area contributed by atoms with Gasteiger partial charge in [0.05, 0.1) is 0 Å². The largest absolute Gasteiger partial charge is 0.351 e. The molecule has 0 aromatic heterocycles. The molecule has 17 heavy (non-hydrogen) atoms. The molecule has 0 radical (unpaired) electrons. The summed E-state index contributed by atoms with van der Waals surface area (Å²) in [5.41, 5.74) is -0.227. The van der Waals surface area contributed by atoms with Crippen molar-refractivity contribution in [3.05, 3.63) is 0 Å². The van der Waals surface area contributed by atoms with Crippen LogP contribution in [0.4, 0.5) is 0 Å². The van der Waals surface area contributed by atoms with Crippen molar-refractivity contribution in [1.29, 1.82) is 0 Å². The van der Waals surface area contributed by atoms with Crippen LogP contribution in [0, 0.1) is 5.92 Å². The number of ether oxygens (including phenoxy) is 1. The lowest BCUT2D eigenvalue weighted by molar-refractivity contribution is -0.461. The minimum absolute atomic E-state index is 0.227. The molecular formula is C14H28O3. The SMILES string of the molecule is CCC(C)(OC)OOC(C)(C)C1CCCCC1. The maximum atomic E-state index is 5.69. The molecule has 0 saturated heterocycles. The highest BCUT2D eigenvalue weighted by Gasteiger charge is 2.35. The van der Waals surface area contributed by atoms with Gasteiger partial charge in [-0.1, -0.05) is 26.2 Å². The van der Waals surface area contributed by atoms with Gasteiger partial charge in [-0.05, 0) is 39.5 Å². The lowest BCUT2D eigenvalue weighted by Crippen LogP contribution is -2.40. The highest BCUT2D eigenvalue weighted by atomic mass is 17.2. The average Bonchev–Trinajstić information content (AvgIpc) is 2.37. The van der Waals surface area contributed by atoms with Gasteiger partial charge in [0.15, 0.2) is 5.79 Å². The van der Waals surface area contributed by atoms with Crippen molar-refractivity contribution < 1.29 is 14.5 Å². The molecule has 1 rings (SSSR count). The Labute approximate surface area is 106 Å². The molecule has 1 saturated carbocycles. The Morgan fingerprint density at radius 3 is 2.06 bits per heavy atom. The molecule has 0 heterocycles. The van der Waals surface area contributed by atoms with Gasteiger partial charge in [0, 0.05) is 13.5 Å². The zero-order chi connectivity index (χ0) is 12.9. The van der Waals surface area contributed by atoms with E-state index in [-0.39, 0.29) is 5.60 Å². The summed E-state index contributed by atoms with van der Waals surface area (Å²) in [5.74, 6) is -0.0411. The Kier molecular flexibility index (Phi) is 5.42. The Hall–Kier alpha value is -0.120. The first-order valence-electron chi connectivity index (χ1n) is 6.85. The third kappa shape index (κ3) is 4.23. The highest BCUT2D eigenvalue weighted by molar-refractivity contribution is 4.81. The molecule has 0 spiro atoms. The maximum Gasteiger partial charge on any atom is 0.198 e. The standard InChI is InChI=1S/C14H28O3/c1-6-14(4,15-5)17-16-13(2,3)12-10-8-7-9-11-12/h12H,6-11H2,1-5H3. The van der Waals surface area contributed by atoms with E-state index in [1.807, 2.05) is 13.8 Å². The van der Waals surface area contributed by atoms with Crippen LogP contribution in [0.15, 0.2) is 0 Å². The first kappa shape index (κ1) is 14.9. The second kappa shape index (κ2) is 6.17. The summed E-state index contributed by atoms with van der Waals surface area (Å²) in [6.07, 6.45) is 7.24. The fraction of sp³-hybridized carbons (Fsp3) is 1.00. The first-order valence-corrected chi connectivity index (χ1v) is 6.85. The van der Waals surface area contributed by atoms with Crippen molar-refractivity contribution in [1.82, 2.24) is 0 Å². The molecule has 1 aliphatic rings. The number of rotatable bonds is 6. The van der Waals surface area contributed by atoms with Crippen molar-refractivity contribution >= 4 is 0 Å². The van der Waals surface area contributed by atoms with Gasteiger partial charge in [0.25, 0.3) is 0 Å². The Balaban J connectivity index is 2.47. The van der Waals surface area contributed by atoms with Crippen LogP contribution in [0.2, 0.25) is 0 Å². The van der Waals surface area contributed by atoms with Gasteiger partial charge in [-0.2, -0.15) is 0 Å². The van der Waals surface area contributed by atoms with Gasteiger partial charge in [0.1, 0.15) is 5.60 Å². The Bertz CT molecular complexity index is 216. The normalized spacial score (nSPS) is 22.4. The summed E-state index contributed by atoms with van der Waals surface area (Å²) in [7, 11) is 1.65. The van der Waals surface area contributed by atoms with E-state index in [1.165, 1.54) is 32.1 Å². The van der Waals surface area contributed by atoms with Crippen LogP contribution in [0.1, 0.15) is 66.2 Å². The van der Waals surface area contributed by atoms with Gasteiger partial charge in [-0.15, -0.1) is 0 Å². The smallest absolute Gasteiger partial charge is 0.198 e. The third-order valence-corrected chi connectivity index (χ3v) is 4.10. The zero-order valence-corrected chi connectivity index (χ0v) is 12.0. The molecule has 0 N–H and O–H groups in total. The van der Waals surface area contributed by atoms with Crippen LogP contribution in [0.5, 0.6) is 0 Å². The molecule has 1 aliphatic carbocycles. The van der Waals surface area contributed by atoms with E-state index in [4.69, 9.17) is 14.5 Å². The monoisotopic (exact) mass is 244 g/mol. The molecule has 3 nitrogen and oxygen atoms in total. The second-order valence-electron chi connectivity index (χ2n) is 5.80. The summed E-state index contributed by atoms with van der Waals surface area (Å²) in [6, 6.07) is 0. The molecule has 1 atom stereocenters. The van der Waals surface area contributed by atoms with Crippen LogP contribution in [-0.4, -0.2) is 18.5 Å². The molecule has 0 bridgehead atoms. The van der Waals surface area contributed by atoms with E-state index in [1.54, 1.807) is 7.11 Å². The van der Waals surface area contributed by atoms with Gasteiger partial charge in [0.2, 0.25) is 0 Å². The predicted octanol–water partition coefficient (Wildman–Crippen LogP) is 4.07. The summed E-state index contributed by atoms with van der Waals surface area (Å²) >= 11 is 0. The summed E-state index contributed by atoms with van der Waals surface area (Å²) in [4.78, 5) is 11.2. The van der Waals surface area contributed by atoms with Crippen LogP contribution >= 0.6 is 0 Å². The third-order valence-electron chi connectivity index (χ3n) is 4.10. The Morgan fingerprint density at radius 2 is 1.59 bits per heavy atom. The second-order valence-corrected chi connectivity index (χ2v) is 5.80. The van der Waals surface area contributed by atoms with E-state index < -0.39 is 5.79 Å². The highest BCUT2D eigenvalue weighted by Crippen LogP contribution is 2.35. The minimum Gasteiger partial charge on any atom is -0.351 e. The van der Waals surface area contributed by atoms with E-state index in [0.717, 1.165) is 6.42 Å². The van der Waals surface area contributed by atoms with Crippen molar-refractivity contribution in [3.8, 4) is 0 Å². The molecule has 3 heteroatoms. The molecule has 0 aromatic carbocycles.